The third-order valence-electron chi connectivity index (χ3n) is 5.54. The zero-order valence-electron chi connectivity index (χ0n) is 15.9. The quantitative estimate of drug-likeness (QED) is 0.820. The van der Waals surface area contributed by atoms with Crippen LogP contribution in [-0.4, -0.2) is 26.8 Å². The molecule has 1 fully saturated rings. The van der Waals surface area contributed by atoms with Gasteiger partial charge in [-0.15, -0.1) is 0 Å². The van der Waals surface area contributed by atoms with Gasteiger partial charge in [-0.05, 0) is 38.7 Å². The monoisotopic (exact) mass is 369 g/mol. The van der Waals surface area contributed by atoms with Crippen LogP contribution >= 0.6 is 0 Å². The molecule has 2 unspecified atom stereocenters. The van der Waals surface area contributed by atoms with Crippen molar-refractivity contribution in [3.05, 3.63) is 52.8 Å². The summed E-state index contributed by atoms with van der Waals surface area (Å²) in [6, 6.07) is 10.2. The number of amides is 1. The molecule has 144 valence electrons. The Kier molecular flexibility index (Phi) is 5.94. The Balaban J connectivity index is 1.62. The minimum absolute atomic E-state index is 0.0458. The number of carboxylic acid groups (broad SMARTS) is 1. The van der Waals surface area contributed by atoms with Gasteiger partial charge in [-0.1, -0.05) is 36.8 Å². The Hall–Kier alpha value is -2.63. The molecule has 0 aliphatic heterocycles. The normalized spacial score (nSPS) is 19.6. The maximum Gasteiger partial charge on any atom is 0.306 e. The lowest BCUT2D eigenvalue weighted by Gasteiger charge is -2.25. The van der Waals surface area contributed by atoms with Crippen molar-refractivity contribution in [1.82, 2.24) is 15.1 Å². The standard InChI is InChI=1S/C21H27N3O3/c1-14-19(15(2)24(23-14)13-16-7-4-3-5-8-16)12-22-20(25)17-9-6-10-18(11-17)21(26)27/h3-5,7-8,17-18H,6,9-13H2,1-2H3,(H,22,25)(H,26,27). The summed E-state index contributed by atoms with van der Waals surface area (Å²) >= 11 is 0. The molecule has 6 heteroatoms. The van der Waals surface area contributed by atoms with Gasteiger partial charge in [0.25, 0.3) is 0 Å². The molecule has 1 aromatic heterocycles. The fourth-order valence-electron chi connectivity index (χ4n) is 3.87. The SMILES string of the molecule is Cc1nn(Cc2ccccc2)c(C)c1CNC(=O)C1CCCC(C(=O)O)C1. The highest BCUT2D eigenvalue weighted by Gasteiger charge is 2.31. The van der Waals surface area contributed by atoms with E-state index in [9.17, 15) is 14.7 Å². The van der Waals surface area contributed by atoms with Gasteiger partial charge in [0.15, 0.2) is 0 Å². The molecule has 1 saturated carbocycles. The third kappa shape index (κ3) is 4.56. The van der Waals surface area contributed by atoms with Crippen LogP contribution in [0.15, 0.2) is 30.3 Å². The Morgan fingerprint density at radius 1 is 1.19 bits per heavy atom. The largest absolute Gasteiger partial charge is 0.481 e. The van der Waals surface area contributed by atoms with E-state index in [0.29, 0.717) is 25.9 Å². The van der Waals surface area contributed by atoms with E-state index in [1.165, 1.54) is 5.56 Å². The second-order valence-corrected chi connectivity index (χ2v) is 7.41. The van der Waals surface area contributed by atoms with Crippen LogP contribution in [0.4, 0.5) is 0 Å². The van der Waals surface area contributed by atoms with Crippen molar-refractivity contribution in [2.24, 2.45) is 11.8 Å². The second kappa shape index (κ2) is 8.37. The van der Waals surface area contributed by atoms with Gasteiger partial charge in [-0.2, -0.15) is 5.10 Å². The Labute approximate surface area is 159 Å². The summed E-state index contributed by atoms with van der Waals surface area (Å²) in [6.07, 6.45) is 2.67. The van der Waals surface area contributed by atoms with Crippen LogP contribution < -0.4 is 5.32 Å². The molecule has 6 nitrogen and oxygen atoms in total. The fraction of sp³-hybridized carbons (Fsp3) is 0.476. The Bertz CT molecular complexity index is 814. The number of carbonyl (C=O) groups excluding carboxylic acids is 1. The van der Waals surface area contributed by atoms with E-state index < -0.39 is 11.9 Å². The van der Waals surface area contributed by atoms with E-state index in [1.807, 2.05) is 36.7 Å². The zero-order valence-corrected chi connectivity index (χ0v) is 15.9. The first-order valence-corrected chi connectivity index (χ1v) is 9.53. The van der Waals surface area contributed by atoms with E-state index in [0.717, 1.165) is 29.8 Å². The second-order valence-electron chi connectivity index (χ2n) is 7.41. The van der Waals surface area contributed by atoms with Crippen LogP contribution in [0.5, 0.6) is 0 Å². The van der Waals surface area contributed by atoms with Gasteiger partial charge >= 0.3 is 5.97 Å². The molecule has 0 bridgehead atoms. The first-order chi connectivity index (χ1) is 13.0. The van der Waals surface area contributed by atoms with Crippen LogP contribution in [0, 0.1) is 25.7 Å². The first kappa shape index (κ1) is 19.1. The highest BCUT2D eigenvalue weighted by Crippen LogP contribution is 2.29. The number of benzene rings is 1. The summed E-state index contributed by atoms with van der Waals surface area (Å²) in [4.78, 5) is 23.7. The van der Waals surface area contributed by atoms with Crippen molar-refractivity contribution in [3.8, 4) is 0 Å². The first-order valence-electron chi connectivity index (χ1n) is 9.53. The minimum atomic E-state index is -0.790. The van der Waals surface area contributed by atoms with Gasteiger partial charge in [-0.3, -0.25) is 14.3 Å². The van der Waals surface area contributed by atoms with Crippen molar-refractivity contribution in [2.45, 2.75) is 52.6 Å². The smallest absolute Gasteiger partial charge is 0.306 e. The topological polar surface area (TPSA) is 84.2 Å². The van der Waals surface area contributed by atoms with E-state index in [4.69, 9.17) is 0 Å². The van der Waals surface area contributed by atoms with Crippen LogP contribution in [0.2, 0.25) is 0 Å². The number of rotatable bonds is 6. The number of nitrogens with one attached hydrogen (secondary N) is 1. The predicted octanol–water partition coefficient (Wildman–Crippen LogP) is 3.06. The summed E-state index contributed by atoms with van der Waals surface area (Å²) < 4.78 is 1.97. The van der Waals surface area contributed by atoms with Gasteiger partial charge in [0.05, 0.1) is 18.2 Å². The molecule has 1 aromatic carbocycles. The van der Waals surface area contributed by atoms with Gasteiger partial charge in [0.1, 0.15) is 0 Å². The van der Waals surface area contributed by atoms with E-state index >= 15 is 0 Å². The molecule has 2 atom stereocenters. The highest BCUT2D eigenvalue weighted by molar-refractivity contribution is 5.80. The number of hydrogen-bond acceptors (Lipinski definition) is 3. The van der Waals surface area contributed by atoms with Crippen LogP contribution in [-0.2, 0) is 22.7 Å². The zero-order chi connectivity index (χ0) is 19.4. The molecule has 2 aromatic rings. The number of hydrogen-bond donors (Lipinski definition) is 2. The van der Waals surface area contributed by atoms with Gasteiger partial charge < -0.3 is 10.4 Å². The molecule has 3 rings (SSSR count). The maximum atomic E-state index is 12.5. The lowest BCUT2D eigenvalue weighted by atomic mass is 9.81. The Morgan fingerprint density at radius 2 is 1.89 bits per heavy atom. The molecular weight excluding hydrogens is 342 g/mol. The summed E-state index contributed by atoms with van der Waals surface area (Å²) in [5, 5.41) is 16.8. The molecular formula is C21H27N3O3. The molecule has 2 N–H and O–H groups in total. The van der Waals surface area contributed by atoms with Crippen molar-refractivity contribution < 1.29 is 14.7 Å². The van der Waals surface area contributed by atoms with Crippen molar-refractivity contribution in [2.75, 3.05) is 0 Å². The molecule has 0 saturated heterocycles. The lowest BCUT2D eigenvalue weighted by molar-refractivity contribution is -0.144. The summed E-state index contributed by atoms with van der Waals surface area (Å²) in [5.74, 6) is -1.44. The maximum absolute atomic E-state index is 12.5. The van der Waals surface area contributed by atoms with Gasteiger partial charge in [-0.25, -0.2) is 0 Å². The van der Waals surface area contributed by atoms with Crippen molar-refractivity contribution >= 4 is 11.9 Å². The Morgan fingerprint density at radius 3 is 2.59 bits per heavy atom. The van der Waals surface area contributed by atoms with Crippen molar-refractivity contribution in [3.63, 3.8) is 0 Å². The molecule has 1 heterocycles. The van der Waals surface area contributed by atoms with E-state index in [-0.39, 0.29) is 11.8 Å². The molecule has 0 spiro atoms. The van der Waals surface area contributed by atoms with E-state index in [1.54, 1.807) is 0 Å². The van der Waals surface area contributed by atoms with Crippen LogP contribution in [0.1, 0.15) is 48.2 Å². The fourth-order valence-corrected chi connectivity index (χ4v) is 3.87. The number of aliphatic carboxylic acids is 1. The average molecular weight is 369 g/mol. The molecule has 1 aliphatic carbocycles. The minimum Gasteiger partial charge on any atom is -0.481 e. The van der Waals surface area contributed by atoms with Gasteiger partial charge in [0.2, 0.25) is 5.91 Å². The molecule has 1 aliphatic rings. The number of aromatic nitrogens is 2. The number of carbonyl (C=O) groups is 2. The number of aryl methyl sites for hydroxylation is 1. The average Bonchev–Trinajstić information content (AvgIpc) is 2.93. The summed E-state index contributed by atoms with van der Waals surface area (Å²) in [6.45, 7) is 5.10. The summed E-state index contributed by atoms with van der Waals surface area (Å²) in [5.41, 5.74) is 4.17. The molecule has 1 amide bonds. The third-order valence-corrected chi connectivity index (χ3v) is 5.54. The van der Waals surface area contributed by atoms with Crippen LogP contribution in [0.25, 0.3) is 0 Å². The predicted molar refractivity (Wildman–Crippen MR) is 102 cm³/mol. The van der Waals surface area contributed by atoms with Crippen molar-refractivity contribution in [1.29, 1.82) is 0 Å². The number of carboxylic acids is 1. The molecule has 27 heavy (non-hydrogen) atoms. The van der Waals surface area contributed by atoms with Gasteiger partial charge in [0, 0.05) is 23.7 Å². The molecule has 0 radical (unpaired) electrons. The number of nitrogens with zero attached hydrogens (tertiary/aromatic N) is 2. The summed E-state index contributed by atoms with van der Waals surface area (Å²) in [7, 11) is 0. The highest BCUT2D eigenvalue weighted by atomic mass is 16.4. The van der Waals surface area contributed by atoms with E-state index in [2.05, 4.69) is 22.5 Å². The lowest BCUT2D eigenvalue weighted by Crippen LogP contribution is -2.35. The van der Waals surface area contributed by atoms with Crippen LogP contribution in [0.3, 0.4) is 0 Å².